The lowest BCUT2D eigenvalue weighted by Crippen LogP contribution is -2.65. The summed E-state index contributed by atoms with van der Waals surface area (Å²) in [6.45, 7) is 2.65. The number of hydrogen-bond acceptors (Lipinski definition) is 13. The summed E-state index contributed by atoms with van der Waals surface area (Å²) in [7, 11) is 0. The van der Waals surface area contributed by atoms with Crippen LogP contribution in [0.4, 0.5) is 0 Å². The predicted molar refractivity (Wildman–Crippen MR) is 405 cm³/mol. The molecule has 12 atom stereocenters. The normalized spacial score (nSPS) is 23.0. The van der Waals surface area contributed by atoms with Crippen LogP contribution in [-0.2, 0) is 23.7 Å². The van der Waals surface area contributed by atoms with E-state index in [0.29, 0.717) is 12.8 Å². The Bertz CT molecular complexity index is 2310. The monoisotopic (exact) mass is 1370 g/mol. The van der Waals surface area contributed by atoms with Crippen LogP contribution in [0, 0.1) is 0 Å². The van der Waals surface area contributed by atoms with Gasteiger partial charge in [0, 0.05) is 6.42 Å². The minimum Gasteiger partial charge on any atom is -0.394 e. The first-order valence-electron chi connectivity index (χ1n) is 38.4. The van der Waals surface area contributed by atoms with Crippen LogP contribution >= 0.6 is 0 Å². The minimum atomic E-state index is -1.80. The first-order valence-corrected chi connectivity index (χ1v) is 38.4. The molecule has 1 amide bonds. The van der Waals surface area contributed by atoms with Crippen LogP contribution in [0.5, 0.6) is 0 Å². The zero-order valence-corrected chi connectivity index (χ0v) is 60.7. The molecule has 98 heavy (non-hydrogen) atoms. The molecule has 9 N–H and O–H groups in total. The fourth-order valence-electron chi connectivity index (χ4n) is 11.3. The molecule has 2 aliphatic heterocycles. The van der Waals surface area contributed by atoms with Crippen LogP contribution in [0.3, 0.4) is 0 Å². The first kappa shape index (κ1) is 89.4. The minimum absolute atomic E-state index is 0.236. The van der Waals surface area contributed by atoms with Gasteiger partial charge in [0.1, 0.15) is 48.8 Å². The zero-order valence-electron chi connectivity index (χ0n) is 60.7. The molecule has 0 spiro atoms. The molecule has 2 aliphatic rings. The molecule has 14 nitrogen and oxygen atoms in total. The Morgan fingerprint density at radius 3 is 1.12 bits per heavy atom. The van der Waals surface area contributed by atoms with E-state index in [1.807, 2.05) is 6.08 Å². The number of hydrogen-bond donors (Lipinski definition) is 9. The quantitative estimate of drug-likeness (QED) is 0.0204. The van der Waals surface area contributed by atoms with Gasteiger partial charge in [0.15, 0.2) is 12.6 Å². The summed E-state index contributed by atoms with van der Waals surface area (Å²) in [5.41, 5.74) is 0. The molecule has 0 aromatic rings. The van der Waals surface area contributed by atoms with Crippen molar-refractivity contribution in [3.63, 3.8) is 0 Å². The fraction of sp³-hybridized carbons (Fsp3) is 0.655. The summed E-state index contributed by atoms with van der Waals surface area (Å²) in [4.78, 5) is 13.4. The van der Waals surface area contributed by atoms with Gasteiger partial charge in [0.2, 0.25) is 5.91 Å². The summed E-state index contributed by atoms with van der Waals surface area (Å²) in [5.74, 6) is -0.278. The summed E-state index contributed by atoms with van der Waals surface area (Å²) in [6, 6.07) is -0.964. The van der Waals surface area contributed by atoms with Crippen molar-refractivity contribution in [2.24, 2.45) is 0 Å². The van der Waals surface area contributed by atoms with Gasteiger partial charge in [-0.25, -0.2) is 0 Å². The van der Waals surface area contributed by atoms with Gasteiger partial charge in [0.25, 0.3) is 0 Å². The molecule has 2 saturated heterocycles. The van der Waals surface area contributed by atoms with E-state index in [1.165, 1.54) is 96.3 Å². The van der Waals surface area contributed by atoms with Crippen molar-refractivity contribution in [3.8, 4) is 0 Å². The smallest absolute Gasteiger partial charge is 0.220 e. The van der Waals surface area contributed by atoms with E-state index in [1.54, 1.807) is 6.08 Å². The molecule has 0 aliphatic carbocycles. The van der Waals surface area contributed by atoms with E-state index in [4.69, 9.17) is 18.9 Å². The van der Waals surface area contributed by atoms with E-state index in [9.17, 15) is 45.6 Å². The average molecular weight is 1370 g/mol. The second-order valence-corrected chi connectivity index (χ2v) is 26.0. The number of aliphatic hydroxyl groups excluding tert-OH is 8. The van der Waals surface area contributed by atoms with Crippen molar-refractivity contribution in [2.75, 3.05) is 19.8 Å². The molecule has 0 aromatic heterocycles. The molecular formula is C84H137NO13. The second kappa shape index (κ2) is 65.6. The van der Waals surface area contributed by atoms with E-state index >= 15 is 0 Å². The highest BCUT2D eigenvalue weighted by Crippen LogP contribution is 2.30. The van der Waals surface area contributed by atoms with Crippen LogP contribution in [0.2, 0.25) is 0 Å². The standard InChI is InChI=1S/C84H137NO13/c1-3-5-7-9-11-13-15-17-19-21-23-25-27-29-30-31-32-33-34-35-36-37-38-39-40-41-42-44-46-48-50-52-54-56-58-60-62-64-66-68-76(89)85-72(71-95-83-81(94)79(92)82(75(70-87)97-83)98-84-80(93)78(91)77(90)74(69-86)96-84)73(88)67-65-63-61-59-57-55-53-51-49-47-45-43-28-26-24-22-20-18-16-14-12-10-8-6-4-2/h5,7,11,13,17,19,23,25,29-30,32-33,35-36,38-39,41-42,46,48-49,51-52,54,57,59,65,67,72-75,77-84,86-88,90-94H,3-4,6,8-10,12,14-16,18,20-22,24,26-28,31,34,37,40,43-45,47,50,53,55-56,58,60-64,66,68-71H2,1-2H3,(H,85,89)/b7-5-,13-11-,19-17-,25-23-,30-29-,33-32-,36-35-,39-38-,42-41-,48-46-,51-49+,54-52-,59-57+,67-65+. The molecule has 14 heteroatoms. The van der Waals surface area contributed by atoms with Gasteiger partial charge in [0.05, 0.1) is 32.0 Å². The number of carbonyl (C=O) groups is 1. The SMILES string of the molecule is CC/C=C\C/C=C\C/C=C\C/C=C\C/C=C\C/C=C\C/C=C\C/C=C\C/C=C\C/C=C\C/C=C\CCCCCCCC(=O)NC(COC1OC(CO)C(OC2OC(CO)C(O)C(O)C2O)C(O)C1O)C(O)/C=C/CC/C=C/CC/C=C/CCCCCCCCCCCCCCCCC. The van der Waals surface area contributed by atoms with Gasteiger partial charge in [-0.05, 0) is 128 Å². The number of amides is 1. The highest BCUT2D eigenvalue weighted by Gasteiger charge is 2.51. The number of carbonyl (C=O) groups excluding carboxylic acids is 1. The number of rotatable bonds is 61. The maximum Gasteiger partial charge on any atom is 0.220 e. The molecule has 0 bridgehead atoms. The number of nitrogens with one attached hydrogen (secondary N) is 1. The molecule has 0 aromatic carbocycles. The molecule has 2 fully saturated rings. The van der Waals surface area contributed by atoms with Crippen molar-refractivity contribution in [2.45, 2.75) is 331 Å². The van der Waals surface area contributed by atoms with Gasteiger partial charge >= 0.3 is 0 Å². The Hall–Kier alpha value is -4.65. The molecule has 2 rings (SSSR count). The number of aliphatic hydroxyl groups is 8. The van der Waals surface area contributed by atoms with Crippen LogP contribution in [0.1, 0.15) is 258 Å². The van der Waals surface area contributed by atoms with Gasteiger partial charge in [-0.1, -0.05) is 293 Å². The topological polar surface area (TPSA) is 228 Å². The van der Waals surface area contributed by atoms with Crippen LogP contribution < -0.4 is 5.32 Å². The van der Waals surface area contributed by atoms with E-state index in [0.717, 1.165) is 128 Å². The van der Waals surface area contributed by atoms with E-state index in [-0.39, 0.29) is 18.9 Å². The zero-order chi connectivity index (χ0) is 70.8. The summed E-state index contributed by atoms with van der Waals surface area (Å²) in [6.07, 6.45) is 85.5. The fourth-order valence-corrected chi connectivity index (χ4v) is 11.3. The van der Waals surface area contributed by atoms with Crippen LogP contribution in [0.15, 0.2) is 170 Å². The van der Waals surface area contributed by atoms with Crippen molar-refractivity contribution >= 4 is 5.91 Å². The second-order valence-electron chi connectivity index (χ2n) is 26.0. The first-order chi connectivity index (χ1) is 48.1. The van der Waals surface area contributed by atoms with Gasteiger partial charge < -0.3 is 65.1 Å². The van der Waals surface area contributed by atoms with Crippen molar-refractivity contribution < 1.29 is 64.6 Å². The third-order valence-corrected chi connectivity index (χ3v) is 17.4. The van der Waals surface area contributed by atoms with Crippen molar-refractivity contribution in [3.05, 3.63) is 170 Å². The Morgan fingerprint density at radius 1 is 0.378 bits per heavy atom. The van der Waals surface area contributed by atoms with Gasteiger partial charge in [-0.3, -0.25) is 4.79 Å². The lowest BCUT2D eigenvalue weighted by molar-refractivity contribution is -0.359. The lowest BCUT2D eigenvalue weighted by atomic mass is 9.97. The maximum atomic E-state index is 13.4. The van der Waals surface area contributed by atoms with Crippen LogP contribution in [0.25, 0.3) is 0 Å². The van der Waals surface area contributed by atoms with E-state index < -0.39 is 86.8 Å². The van der Waals surface area contributed by atoms with Gasteiger partial charge in [-0.2, -0.15) is 0 Å². The Balaban J connectivity index is 1.69. The predicted octanol–water partition coefficient (Wildman–Crippen LogP) is 17.1. The summed E-state index contributed by atoms with van der Waals surface area (Å²) in [5, 5.41) is 87.5. The third kappa shape index (κ3) is 48.2. The van der Waals surface area contributed by atoms with Crippen LogP contribution in [-0.4, -0.2) is 140 Å². The highest BCUT2D eigenvalue weighted by molar-refractivity contribution is 5.76. The number of allylic oxidation sites excluding steroid dienone is 27. The molecule has 0 radical (unpaired) electrons. The van der Waals surface area contributed by atoms with Crippen molar-refractivity contribution in [1.82, 2.24) is 5.32 Å². The molecule has 0 saturated carbocycles. The Morgan fingerprint density at radius 2 is 0.714 bits per heavy atom. The van der Waals surface area contributed by atoms with Crippen molar-refractivity contribution in [1.29, 1.82) is 0 Å². The van der Waals surface area contributed by atoms with Gasteiger partial charge in [-0.15, -0.1) is 0 Å². The third-order valence-electron chi connectivity index (χ3n) is 17.4. The molecular weight excluding hydrogens is 1230 g/mol. The Kier molecular flexibility index (Phi) is 59.9. The average Bonchev–Trinajstić information content (AvgIpc) is 0.793. The summed E-state index contributed by atoms with van der Waals surface area (Å²) >= 11 is 0. The number of unbranched alkanes of at least 4 members (excludes halogenated alkanes) is 22. The lowest BCUT2D eigenvalue weighted by Gasteiger charge is -2.46. The maximum absolute atomic E-state index is 13.4. The molecule has 2 heterocycles. The molecule has 556 valence electrons. The Labute approximate surface area is 594 Å². The molecule has 12 unspecified atom stereocenters. The summed E-state index contributed by atoms with van der Waals surface area (Å²) < 4.78 is 22.8. The highest BCUT2D eigenvalue weighted by atomic mass is 16.7. The largest absolute Gasteiger partial charge is 0.394 e. The number of ether oxygens (including phenoxy) is 4. The van der Waals surface area contributed by atoms with E-state index in [2.05, 4.69) is 177 Å².